The lowest BCUT2D eigenvalue weighted by Crippen LogP contribution is -2.61. The summed E-state index contributed by atoms with van der Waals surface area (Å²) in [7, 11) is 0. The number of halogens is 3. The maximum absolute atomic E-state index is 16.0. The Hall–Kier alpha value is -6.11. The zero-order valence-electron chi connectivity index (χ0n) is 34.9. The minimum Gasteiger partial charge on any atom is -0.374 e. The van der Waals surface area contributed by atoms with Gasteiger partial charge in [-0.3, -0.25) is 39.6 Å². The number of benzene rings is 3. The van der Waals surface area contributed by atoms with Gasteiger partial charge in [-0.25, -0.2) is 23.1 Å². The molecular formula is C46H47F3N10O4S. The van der Waals surface area contributed by atoms with Crippen LogP contribution in [0.5, 0.6) is 0 Å². The quantitative estimate of drug-likeness (QED) is 0.142. The Morgan fingerprint density at radius 3 is 2.53 bits per heavy atom. The van der Waals surface area contributed by atoms with Crippen LogP contribution < -0.4 is 20.9 Å². The largest absolute Gasteiger partial charge is 0.374 e. The van der Waals surface area contributed by atoms with E-state index < -0.39 is 48.2 Å². The van der Waals surface area contributed by atoms with E-state index in [1.165, 1.54) is 22.3 Å². The number of carbonyl (C=O) groups is 4. The van der Waals surface area contributed by atoms with Crippen molar-refractivity contribution in [2.24, 2.45) is 0 Å². The van der Waals surface area contributed by atoms with Gasteiger partial charge < -0.3 is 19.7 Å². The molecule has 3 unspecified atom stereocenters. The first-order valence-electron chi connectivity index (χ1n) is 21.7. The summed E-state index contributed by atoms with van der Waals surface area (Å²) in [5.74, 6) is -5.08. The summed E-state index contributed by atoms with van der Waals surface area (Å²) >= 11 is 1.25. The van der Waals surface area contributed by atoms with Crippen LogP contribution in [0, 0.1) is 5.82 Å². The standard InChI is InChI=1S/C46H47F3N10O4S/c47-35-23-30(22-33-34(35)25-59(44(33)63)41(43(62)54-45-50-13-20-64-45)40-37-5-2-14-58(37)27-51-40)29-6-8-32(9-7-29)57-15-12-38(46(48,49)26-57)56-18-16-55(17-19-56)24-28-3-1-4-31(21-28)52-36-10-11-39(60)53-42(36)61/h1,3-4,6-9,13,20-23,27,36,38,41,52H,2,5,10-12,14-19,24-26H2,(H,50,54,62)(H,53,60,61). The molecule has 5 aliphatic rings. The third-order valence-electron chi connectivity index (χ3n) is 13.2. The fraction of sp³-hybridized carbons (Fsp3) is 0.391. The predicted octanol–water partition coefficient (Wildman–Crippen LogP) is 5.68. The molecule has 332 valence electrons. The highest BCUT2D eigenvalue weighted by molar-refractivity contribution is 7.13. The van der Waals surface area contributed by atoms with Gasteiger partial charge in [0, 0.05) is 92.0 Å². The van der Waals surface area contributed by atoms with Crippen LogP contribution in [0.4, 0.5) is 29.7 Å². The molecule has 5 aromatic rings. The Kier molecular flexibility index (Phi) is 11.2. The lowest BCUT2D eigenvalue weighted by atomic mass is 9.96. The van der Waals surface area contributed by atoms with E-state index in [-0.39, 0.29) is 29.5 Å². The van der Waals surface area contributed by atoms with E-state index >= 15 is 13.2 Å². The fourth-order valence-electron chi connectivity index (χ4n) is 9.91. The van der Waals surface area contributed by atoms with Gasteiger partial charge in [-0.1, -0.05) is 24.3 Å². The van der Waals surface area contributed by atoms with Crippen molar-refractivity contribution in [2.75, 3.05) is 54.8 Å². The van der Waals surface area contributed by atoms with E-state index in [9.17, 15) is 19.2 Å². The van der Waals surface area contributed by atoms with Gasteiger partial charge in [0.05, 0.1) is 31.2 Å². The number of imidazole rings is 1. The number of imide groups is 1. The number of rotatable bonds is 11. The second-order valence-corrected chi connectivity index (χ2v) is 18.1. The third-order valence-corrected chi connectivity index (χ3v) is 13.9. The van der Waals surface area contributed by atoms with Crippen LogP contribution in [-0.2, 0) is 40.4 Å². The molecule has 3 N–H and O–H groups in total. The first kappa shape index (κ1) is 41.9. The van der Waals surface area contributed by atoms with E-state index in [2.05, 4.69) is 30.8 Å². The minimum atomic E-state index is -2.96. The number of amides is 4. The van der Waals surface area contributed by atoms with Crippen molar-refractivity contribution in [2.45, 2.75) is 75.8 Å². The molecule has 0 saturated carbocycles. The van der Waals surface area contributed by atoms with E-state index in [1.54, 1.807) is 53.1 Å². The molecule has 10 rings (SSSR count). The smallest absolute Gasteiger partial charge is 0.280 e. The molecule has 5 aliphatic heterocycles. The van der Waals surface area contributed by atoms with Gasteiger partial charge in [-0.2, -0.15) is 0 Å². The molecule has 3 saturated heterocycles. The normalized spacial score (nSPS) is 21.7. The summed E-state index contributed by atoms with van der Waals surface area (Å²) in [4.78, 5) is 67.7. The van der Waals surface area contributed by atoms with Gasteiger partial charge in [-0.15, -0.1) is 11.3 Å². The maximum Gasteiger partial charge on any atom is 0.280 e. The molecule has 2 aromatic heterocycles. The second kappa shape index (κ2) is 17.1. The molecule has 0 bridgehead atoms. The van der Waals surface area contributed by atoms with Gasteiger partial charge in [0.1, 0.15) is 11.9 Å². The summed E-state index contributed by atoms with van der Waals surface area (Å²) in [5, 5.41) is 10.5. The van der Waals surface area contributed by atoms with Crippen molar-refractivity contribution in [3.05, 3.63) is 112 Å². The van der Waals surface area contributed by atoms with Crippen molar-refractivity contribution in [3.8, 4) is 11.1 Å². The van der Waals surface area contributed by atoms with Crippen molar-refractivity contribution >= 4 is 51.5 Å². The Morgan fingerprint density at radius 1 is 0.938 bits per heavy atom. The molecule has 14 nitrogen and oxygen atoms in total. The van der Waals surface area contributed by atoms with Crippen LogP contribution in [0.3, 0.4) is 0 Å². The molecule has 0 radical (unpaired) electrons. The highest BCUT2D eigenvalue weighted by atomic mass is 32.1. The number of hydrogen-bond donors (Lipinski definition) is 3. The first-order chi connectivity index (χ1) is 31.0. The molecule has 7 heterocycles. The van der Waals surface area contributed by atoms with Gasteiger partial charge in [0.25, 0.3) is 17.7 Å². The van der Waals surface area contributed by atoms with E-state index in [0.717, 1.165) is 29.9 Å². The van der Waals surface area contributed by atoms with E-state index in [4.69, 9.17) is 0 Å². The number of hydrogen-bond acceptors (Lipinski definition) is 11. The van der Waals surface area contributed by atoms with E-state index in [1.807, 2.05) is 33.7 Å². The number of aryl methyl sites for hydroxylation is 1. The first-order valence-corrected chi connectivity index (χ1v) is 22.6. The molecule has 3 fully saturated rings. The Labute approximate surface area is 371 Å². The number of fused-ring (bicyclic) bond motifs is 2. The number of nitrogens with zero attached hydrogens (tertiary/aromatic N) is 7. The van der Waals surface area contributed by atoms with Gasteiger partial charge >= 0.3 is 0 Å². The van der Waals surface area contributed by atoms with Crippen molar-refractivity contribution in [3.63, 3.8) is 0 Å². The van der Waals surface area contributed by atoms with Crippen molar-refractivity contribution in [1.82, 2.24) is 34.6 Å². The lowest BCUT2D eigenvalue weighted by molar-refractivity contribution is -0.133. The number of thiazole rings is 1. The summed E-state index contributed by atoms with van der Waals surface area (Å²) < 4.78 is 49.9. The number of carbonyl (C=O) groups excluding carboxylic acids is 4. The Balaban J connectivity index is 0.765. The molecule has 0 aliphatic carbocycles. The molecule has 3 aromatic carbocycles. The van der Waals surface area contributed by atoms with Crippen LogP contribution in [0.1, 0.15) is 64.6 Å². The van der Waals surface area contributed by atoms with Gasteiger partial charge in [-0.05, 0) is 78.8 Å². The summed E-state index contributed by atoms with van der Waals surface area (Å²) in [6, 6.07) is 15.4. The van der Waals surface area contributed by atoms with Gasteiger partial charge in [0.15, 0.2) is 11.2 Å². The Morgan fingerprint density at radius 2 is 1.77 bits per heavy atom. The fourth-order valence-corrected chi connectivity index (χ4v) is 10.4. The monoisotopic (exact) mass is 892 g/mol. The average Bonchev–Trinajstić information content (AvgIpc) is 4.10. The summed E-state index contributed by atoms with van der Waals surface area (Å²) in [6.45, 7) is 3.65. The van der Waals surface area contributed by atoms with Crippen LogP contribution >= 0.6 is 11.3 Å². The molecule has 18 heteroatoms. The molecule has 3 atom stereocenters. The number of anilines is 3. The average molecular weight is 893 g/mol. The Bertz CT molecular complexity index is 2600. The highest BCUT2D eigenvalue weighted by Gasteiger charge is 2.48. The van der Waals surface area contributed by atoms with Crippen LogP contribution in [-0.4, -0.2) is 110 Å². The number of alkyl halides is 2. The molecule has 64 heavy (non-hydrogen) atoms. The van der Waals surface area contributed by atoms with E-state index in [0.29, 0.717) is 92.6 Å². The molecular weight excluding hydrogens is 846 g/mol. The van der Waals surface area contributed by atoms with Crippen LogP contribution in [0.25, 0.3) is 11.1 Å². The summed E-state index contributed by atoms with van der Waals surface area (Å²) in [6.07, 6.45) is 5.88. The topological polar surface area (TPSA) is 148 Å². The van der Waals surface area contributed by atoms with Crippen molar-refractivity contribution in [1.29, 1.82) is 0 Å². The minimum absolute atomic E-state index is 0.108. The van der Waals surface area contributed by atoms with Crippen LogP contribution in [0.2, 0.25) is 0 Å². The predicted molar refractivity (Wildman–Crippen MR) is 234 cm³/mol. The number of nitrogens with one attached hydrogen (secondary N) is 3. The second-order valence-electron chi connectivity index (χ2n) is 17.2. The summed E-state index contributed by atoms with van der Waals surface area (Å²) in [5.41, 5.74) is 5.27. The van der Waals surface area contributed by atoms with Crippen molar-refractivity contribution < 1.29 is 32.3 Å². The number of piperazine rings is 1. The third kappa shape index (κ3) is 8.25. The highest BCUT2D eigenvalue weighted by Crippen LogP contribution is 2.39. The molecule has 0 spiro atoms. The zero-order chi connectivity index (χ0) is 44.1. The zero-order valence-corrected chi connectivity index (χ0v) is 35.8. The lowest BCUT2D eigenvalue weighted by Gasteiger charge is -2.47. The van der Waals surface area contributed by atoms with Crippen LogP contribution in [0.15, 0.2) is 78.6 Å². The maximum atomic E-state index is 16.0. The number of piperidine rings is 2. The number of aromatic nitrogens is 3. The van der Waals surface area contributed by atoms with Gasteiger partial charge in [0.2, 0.25) is 11.8 Å². The SMILES string of the molecule is O=C1CCC(Nc2cccc(CN3CCN(C4CCN(c5ccc(-c6cc(F)c7c(c6)C(=O)N(C(C(=O)Nc6nccs6)c6ncn8c6CCC8)C7)cc5)CC4(F)F)CC3)c2)C(=O)N1. The molecule has 4 amide bonds.